The molecule has 3 aromatic rings. The summed E-state index contributed by atoms with van der Waals surface area (Å²) < 4.78 is 2.30. The minimum Gasteiger partial charge on any atom is -0.366 e. The van der Waals surface area contributed by atoms with Gasteiger partial charge in [-0.2, -0.15) is 0 Å². The minimum absolute atomic E-state index is 0.294. The van der Waals surface area contributed by atoms with Crippen LogP contribution in [0.15, 0.2) is 42.6 Å². The number of hydrogen-bond donors (Lipinski definition) is 1. The van der Waals surface area contributed by atoms with Gasteiger partial charge >= 0.3 is 0 Å². The molecule has 4 rings (SSSR count). The van der Waals surface area contributed by atoms with Gasteiger partial charge in [-0.25, -0.2) is 4.98 Å². The predicted octanol–water partition coefficient (Wildman–Crippen LogP) is 3.53. The van der Waals surface area contributed by atoms with E-state index in [1.165, 1.54) is 0 Å². The van der Waals surface area contributed by atoms with E-state index < -0.39 is 5.91 Å². The smallest absolute Gasteiger partial charge is 0.249 e. The summed E-state index contributed by atoms with van der Waals surface area (Å²) in [5.74, 6) is 0.623. The number of piperazine rings is 1. The third-order valence-corrected chi connectivity index (χ3v) is 6.05. The molecule has 1 amide bonds. The van der Waals surface area contributed by atoms with E-state index in [1.807, 2.05) is 12.3 Å². The number of primary amides is 1. The van der Waals surface area contributed by atoms with Crippen LogP contribution in [0.25, 0.3) is 22.2 Å². The van der Waals surface area contributed by atoms with Crippen LogP contribution in [0.5, 0.6) is 0 Å². The molecule has 0 spiro atoms. The van der Waals surface area contributed by atoms with Crippen molar-refractivity contribution in [2.75, 3.05) is 38.1 Å². The van der Waals surface area contributed by atoms with Crippen molar-refractivity contribution in [3.63, 3.8) is 0 Å². The Bertz CT molecular complexity index is 1020. The van der Waals surface area contributed by atoms with E-state index in [-0.39, 0.29) is 0 Å². The van der Waals surface area contributed by atoms with Gasteiger partial charge < -0.3 is 20.1 Å². The molecule has 1 atom stereocenters. The van der Waals surface area contributed by atoms with Crippen molar-refractivity contribution in [1.82, 2.24) is 14.5 Å². The van der Waals surface area contributed by atoms with Gasteiger partial charge in [0, 0.05) is 60.4 Å². The Labute approximate surface area is 171 Å². The number of rotatable bonds is 5. The fourth-order valence-electron chi connectivity index (χ4n) is 4.11. The van der Waals surface area contributed by atoms with Crippen LogP contribution < -0.4 is 10.6 Å². The summed E-state index contributed by atoms with van der Waals surface area (Å²) in [6, 6.07) is 12.4. The van der Waals surface area contributed by atoms with Crippen molar-refractivity contribution >= 4 is 22.6 Å². The lowest BCUT2D eigenvalue weighted by molar-refractivity contribution is 0.100. The van der Waals surface area contributed by atoms with Gasteiger partial charge in [-0.05, 0) is 50.7 Å². The summed E-state index contributed by atoms with van der Waals surface area (Å²) in [4.78, 5) is 21.4. The van der Waals surface area contributed by atoms with E-state index in [0.29, 0.717) is 11.6 Å². The van der Waals surface area contributed by atoms with E-state index in [4.69, 9.17) is 10.7 Å². The van der Waals surface area contributed by atoms with Crippen molar-refractivity contribution in [3.05, 3.63) is 48.2 Å². The van der Waals surface area contributed by atoms with Crippen molar-refractivity contribution in [2.24, 2.45) is 5.73 Å². The molecule has 1 aliphatic rings. The highest BCUT2D eigenvalue weighted by Crippen LogP contribution is 2.34. The Balaban J connectivity index is 1.76. The molecule has 1 aromatic carbocycles. The summed E-state index contributed by atoms with van der Waals surface area (Å²) in [6.07, 6.45) is 2.94. The lowest BCUT2D eigenvalue weighted by atomic mass is 10.1. The van der Waals surface area contributed by atoms with Gasteiger partial charge in [-0.15, -0.1) is 0 Å². The van der Waals surface area contributed by atoms with Gasteiger partial charge in [0.1, 0.15) is 5.82 Å². The van der Waals surface area contributed by atoms with Crippen LogP contribution in [0.1, 0.15) is 36.7 Å². The molecule has 2 aromatic heterocycles. The molecule has 29 heavy (non-hydrogen) atoms. The SMILES string of the molecule is CCC(C)n1c(-c2ccc(N3CCN(C)CC3)nc2)cc2c(C(N)=O)cccc21. The molecule has 152 valence electrons. The molecule has 1 unspecified atom stereocenters. The normalized spacial score (nSPS) is 16.3. The van der Waals surface area contributed by atoms with Crippen LogP contribution in [0.3, 0.4) is 0 Å². The molecule has 1 aliphatic heterocycles. The third-order valence-electron chi connectivity index (χ3n) is 6.05. The summed E-state index contributed by atoms with van der Waals surface area (Å²) in [5.41, 5.74) is 9.35. The average molecular weight is 392 g/mol. The first kappa shape index (κ1) is 19.5. The number of amides is 1. The van der Waals surface area contributed by atoms with Crippen LogP contribution >= 0.6 is 0 Å². The Morgan fingerprint density at radius 3 is 2.55 bits per heavy atom. The maximum atomic E-state index is 11.9. The molecular formula is C23H29N5O. The lowest BCUT2D eigenvalue weighted by Gasteiger charge is -2.33. The lowest BCUT2D eigenvalue weighted by Crippen LogP contribution is -2.44. The standard InChI is InChI=1S/C23H29N5O/c1-4-16(2)28-20-7-5-6-18(23(24)29)19(20)14-21(28)17-8-9-22(25-15-17)27-12-10-26(3)11-13-27/h5-9,14-16H,4,10-13H2,1-3H3,(H2,24,29). The first-order valence-electron chi connectivity index (χ1n) is 10.3. The third kappa shape index (κ3) is 3.60. The van der Waals surface area contributed by atoms with Crippen LogP contribution in [-0.4, -0.2) is 53.6 Å². The highest BCUT2D eigenvalue weighted by Gasteiger charge is 2.19. The Kier molecular flexibility index (Phi) is 5.28. The number of pyridine rings is 1. The highest BCUT2D eigenvalue weighted by molar-refractivity contribution is 6.07. The summed E-state index contributed by atoms with van der Waals surface area (Å²) in [7, 11) is 2.15. The minimum atomic E-state index is -0.396. The Hall–Kier alpha value is -2.86. The topological polar surface area (TPSA) is 67.4 Å². The molecule has 0 saturated carbocycles. The summed E-state index contributed by atoms with van der Waals surface area (Å²) >= 11 is 0. The van der Waals surface area contributed by atoms with Crippen molar-refractivity contribution < 1.29 is 4.79 Å². The molecule has 2 N–H and O–H groups in total. The van der Waals surface area contributed by atoms with Gasteiger partial charge in [0.25, 0.3) is 0 Å². The number of carbonyl (C=O) groups excluding carboxylic acids is 1. The molecule has 0 radical (unpaired) electrons. The molecule has 1 fully saturated rings. The number of anilines is 1. The number of nitrogens with two attached hydrogens (primary N) is 1. The van der Waals surface area contributed by atoms with E-state index in [0.717, 1.165) is 60.6 Å². The number of benzene rings is 1. The Morgan fingerprint density at radius 2 is 1.93 bits per heavy atom. The predicted molar refractivity (Wildman–Crippen MR) is 118 cm³/mol. The second-order valence-electron chi connectivity index (χ2n) is 7.95. The fraction of sp³-hybridized carbons (Fsp3) is 0.391. The zero-order valence-electron chi connectivity index (χ0n) is 17.4. The summed E-state index contributed by atoms with van der Waals surface area (Å²) in [5, 5.41) is 0.901. The molecule has 0 aliphatic carbocycles. The maximum absolute atomic E-state index is 11.9. The second kappa shape index (κ2) is 7.87. The van der Waals surface area contributed by atoms with Gasteiger partial charge in [0.15, 0.2) is 0 Å². The maximum Gasteiger partial charge on any atom is 0.249 e. The van der Waals surface area contributed by atoms with Crippen LogP contribution in [0, 0.1) is 0 Å². The number of likely N-dealkylation sites (N-methyl/N-ethyl adjacent to an activating group) is 1. The van der Waals surface area contributed by atoms with Crippen molar-refractivity contribution in [2.45, 2.75) is 26.3 Å². The molecule has 6 nitrogen and oxygen atoms in total. The number of fused-ring (bicyclic) bond motifs is 1. The molecule has 6 heteroatoms. The average Bonchev–Trinajstić information content (AvgIpc) is 3.13. The fourth-order valence-corrected chi connectivity index (χ4v) is 4.11. The van der Waals surface area contributed by atoms with E-state index in [9.17, 15) is 4.79 Å². The number of aromatic nitrogens is 2. The first-order chi connectivity index (χ1) is 14.0. The quantitative estimate of drug-likeness (QED) is 0.723. The molecule has 3 heterocycles. The first-order valence-corrected chi connectivity index (χ1v) is 10.3. The zero-order valence-corrected chi connectivity index (χ0v) is 17.4. The molecular weight excluding hydrogens is 362 g/mol. The van der Waals surface area contributed by atoms with Crippen LogP contribution in [0.4, 0.5) is 5.82 Å². The van der Waals surface area contributed by atoms with Gasteiger partial charge in [-0.3, -0.25) is 4.79 Å². The number of nitrogens with zero attached hydrogens (tertiary/aromatic N) is 4. The van der Waals surface area contributed by atoms with Crippen molar-refractivity contribution in [1.29, 1.82) is 0 Å². The second-order valence-corrected chi connectivity index (χ2v) is 7.95. The van der Waals surface area contributed by atoms with Gasteiger partial charge in [0.05, 0.1) is 5.69 Å². The summed E-state index contributed by atoms with van der Waals surface area (Å²) in [6.45, 7) is 8.48. The monoisotopic (exact) mass is 391 g/mol. The highest BCUT2D eigenvalue weighted by atomic mass is 16.1. The zero-order chi connectivity index (χ0) is 20.5. The van der Waals surface area contributed by atoms with Gasteiger partial charge in [-0.1, -0.05) is 13.0 Å². The van der Waals surface area contributed by atoms with E-state index >= 15 is 0 Å². The van der Waals surface area contributed by atoms with Crippen LogP contribution in [0.2, 0.25) is 0 Å². The van der Waals surface area contributed by atoms with Gasteiger partial charge in [0.2, 0.25) is 5.91 Å². The largest absolute Gasteiger partial charge is 0.366 e. The number of carbonyl (C=O) groups is 1. The Morgan fingerprint density at radius 1 is 1.17 bits per heavy atom. The van der Waals surface area contributed by atoms with E-state index in [2.05, 4.69) is 59.5 Å². The van der Waals surface area contributed by atoms with Crippen LogP contribution in [-0.2, 0) is 0 Å². The van der Waals surface area contributed by atoms with Crippen molar-refractivity contribution in [3.8, 4) is 11.3 Å². The molecule has 1 saturated heterocycles. The number of hydrogen-bond acceptors (Lipinski definition) is 4. The van der Waals surface area contributed by atoms with E-state index in [1.54, 1.807) is 6.07 Å². The molecule has 0 bridgehead atoms.